The summed E-state index contributed by atoms with van der Waals surface area (Å²) in [5.74, 6) is -0.148. The van der Waals surface area contributed by atoms with Crippen LogP contribution in [0.4, 0.5) is 0 Å². The lowest BCUT2D eigenvalue weighted by molar-refractivity contribution is -0.169. The summed E-state index contributed by atoms with van der Waals surface area (Å²) in [5.41, 5.74) is -0.627. The van der Waals surface area contributed by atoms with Gasteiger partial charge in [-0.15, -0.1) is 0 Å². The van der Waals surface area contributed by atoms with Crippen LogP contribution in [0.15, 0.2) is 0 Å². The first kappa shape index (κ1) is 17.0. The zero-order valence-corrected chi connectivity index (χ0v) is 12.8. The van der Waals surface area contributed by atoms with E-state index in [0.29, 0.717) is 12.3 Å². The first-order chi connectivity index (χ1) is 9.27. The predicted octanol–water partition coefficient (Wildman–Crippen LogP) is 2.06. The first-order valence-electron chi connectivity index (χ1n) is 7.24. The molecule has 1 rings (SSSR count). The minimum Gasteiger partial charge on any atom is -0.469 e. The van der Waals surface area contributed by atoms with E-state index < -0.39 is 23.6 Å². The lowest BCUT2D eigenvalue weighted by Gasteiger charge is -2.41. The van der Waals surface area contributed by atoms with Gasteiger partial charge in [0.25, 0.3) is 0 Å². The van der Waals surface area contributed by atoms with Crippen molar-refractivity contribution in [2.24, 2.45) is 11.8 Å². The molecule has 5 nitrogen and oxygen atoms in total. The number of carbonyl (C=O) groups is 2. The van der Waals surface area contributed by atoms with Crippen molar-refractivity contribution in [1.29, 1.82) is 0 Å². The van der Waals surface area contributed by atoms with Gasteiger partial charge in [0.05, 0.1) is 26.1 Å². The zero-order valence-electron chi connectivity index (χ0n) is 12.8. The van der Waals surface area contributed by atoms with Crippen LogP contribution in [0.5, 0.6) is 0 Å². The van der Waals surface area contributed by atoms with Crippen molar-refractivity contribution in [2.45, 2.75) is 64.6 Å². The molecule has 5 heteroatoms. The normalized spacial score (nSPS) is 30.1. The van der Waals surface area contributed by atoms with Gasteiger partial charge in [-0.2, -0.15) is 0 Å². The number of aliphatic hydroxyl groups is 1. The zero-order chi connectivity index (χ0) is 15.3. The fourth-order valence-electron chi connectivity index (χ4n) is 2.86. The summed E-state index contributed by atoms with van der Waals surface area (Å²) in [7, 11) is 1.29. The molecule has 0 bridgehead atoms. The van der Waals surface area contributed by atoms with Gasteiger partial charge in [-0.3, -0.25) is 9.59 Å². The molecule has 3 atom stereocenters. The average Bonchev–Trinajstić information content (AvgIpc) is 2.34. The van der Waals surface area contributed by atoms with Gasteiger partial charge in [0.1, 0.15) is 5.60 Å². The van der Waals surface area contributed by atoms with Crippen LogP contribution in [-0.2, 0) is 19.1 Å². The Morgan fingerprint density at radius 3 is 2.40 bits per heavy atom. The third-order valence-corrected chi connectivity index (χ3v) is 4.12. The summed E-state index contributed by atoms with van der Waals surface area (Å²) in [6.45, 7) is 6.04. The molecule has 0 aromatic rings. The minimum atomic E-state index is -0.627. The molecule has 1 saturated carbocycles. The number of aliphatic hydroxyl groups excluding tert-OH is 1. The average molecular weight is 286 g/mol. The molecule has 0 unspecified atom stereocenters. The molecule has 0 amide bonds. The maximum atomic E-state index is 11.7. The summed E-state index contributed by atoms with van der Waals surface area (Å²) in [4.78, 5) is 22.7. The number of carbonyl (C=O) groups excluding carboxylic acids is 2. The first-order valence-corrected chi connectivity index (χ1v) is 7.24. The number of methoxy groups -OCH3 is 1. The molecule has 0 radical (unpaired) electrons. The van der Waals surface area contributed by atoms with E-state index in [2.05, 4.69) is 18.6 Å². The van der Waals surface area contributed by atoms with E-state index in [1.54, 1.807) is 0 Å². The van der Waals surface area contributed by atoms with Crippen molar-refractivity contribution in [3.63, 3.8) is 0 Å². The second-order valence-corrected chi connectivity index (χ2v) is 6.22. The number of esters is 2. The van der Waals surface area contributed by atoms with Gasteiger partial charge in [0, 0.05) is 6.42 Å². The van der Waals surface area contributed by atoms with Crippen molar-refractivity contribution in [3.05, 3.63) is 0 Å². The Labute approximate surface area is 120 Å². The molecule has 0 aliphatic heterocycles. The quantitative estimate of drug-likeness (QED) is 0.783. The highest BCUT2D eigenvalue weighted by molar-refractivity contribution is 5.77. The van der Waals surface area contributed by atoms with E-state index >= 15 is 0 Å². The lowest BCUT2D eigenvalue weighted by atomic mass is 9.73. The van der Waals surface area contributed by atoms with Gasteiger partial charge in [-0.05, 0) is 31.6 Å². The van der Waals surface area contributed by atoms with Crippen LogP contribution in [0, 0.1) is 11.8 Å². The molecule has 0 saturated heterocycles. The van der Waals surface area contributed by atoms with E-state index in [9.17, 15) is 14.7 Å². The molecule has 0 aromatic carbocycles. The molecular formula is C15H26O5. The van der Waals surface area contributed by atoms with Crippen LogP contribution in [-0.4, -0.2) is 35.9 Å². The fraction of sp³-hybridized carbons (Fsp3) is 0.867. The van der Waals surface area contributed by atoms with Gasteiger partial charge in [0.2, 0.25) is 0 Å². The summed E-state index contributed by atoms with van der Waals surface area (Å²) >= 11 is 0. The predicted molar refractivity (Wildman–Crippen MR) is 73.9 cm³/mol. The summed E-state index contributed by atoms with van der Waals surface area (Å²) in [6, 6.07) is 0. The van der Waals surface area contributed by atoms with E-state index in [0.717, 1.165) is 12.8 Å². The van der Waals surface area contributed by atoms with Crippen LogP contribution < -0.4 is 0 Å². The second kappa shape index (κ2) is 7.07. The monoisotopic (exact) mass is 286 g/mol. The van der Waals surface area contributed by atoms with Crippen LogP contribution in [0.1, 0.15) is 52.9 Å². The highest BCUT2D eigenvalue weighted by atomic mass is 16.6. The second-order valence-electron chi connectivity index (χ2n) is 6.22. The van der Waals surface area contributed by atoms with E-state index in [4.69, 9.17) is 4.74 Å². The Morgan fingerprint density at radius 1 is 1.30 bits per heavy atom. The SMILES string of the molecule is COC(=O)CCC(=O)O[C@]1(C)CC[C@@H](C(C)C)[C@H](O)C1. The molecule has 0 spiro atoms. The largest absolute Gasteiger partial charge is 0.469 e. The Bertz CT molecular complexity index is 352. The molecule has 0 heterocycles. The summed E-state index contributed by atoms with van der Waals surface area (Å²) < 4.78 is 9.95. The van der Waals surface area contributed by atoms with Crippen LogP contribution in [0.25, 0.3) is 0 Å². The molecule has 1 fully saturated rings. The molecular weight excluding hydrogens is 260 g/mol. The fourth-order valence-corrected chi connectivity index (χ4v) is 2.86. The smallest absolute Gasteiger partial charge is 0.306 e. The van der Waals surface area contributed by atoms with Crippen molar-refractivity contribution in [2.75, 3.05) is 7.11 Å². The van der Waals surface area contributed by atoms with Gasteiger partial charge in [0.15, 0.2) is 0 Å². The van der Waals surface area contributed by atoms with Gasteiger partial charge in [-0.25, -0.2) is 0 Å². The summed E-state index contributed by atoms with van der Waals surface area (Å²) in [5, 5.41) is 10.2. The molecule has 0 aromatic heterocycles. The minimum absolute atomic E-state index is 0.0198. The Kier molecular flexibility index (Phi) is 5.99. The van der Waals surface area contributed by atoms with E-state index in [1.807, 2.05) is 6.92 Å². The van der Waals surface area contributed by atoms with Crippen molar-refractivity contribution < 1.29 is 24.2 Å². The van der Waals surface area contributed by atoms with Crippen molar-refractivity contribution in [3.8, 4) is 0 Å². The van der Waals surface area contributed by atoms with Crippen LogP contribution in [0.2, 0.25) is 0 Å². The summed E-state index contributed by atoms with van der Waals surface area (Å²) in [6.07, 6.45) is 1.66. The van der Waals surface area contributed by atoms with E-state index in [-0.39, 0.29) is 18.8 Å². The van der Waals surface area contributed by atoms with Gasteiger partial charge in [-0.1, -0.05) is 13.8 Å². The highest BCUT2D eigenvalue weighted by Crippen LogP contribution is 2.38. The maximum absolute atomic E-state index is 11.7. The number of hydrogen-bond donors (Lipinski definition) is 1. The molecule has 1 aliphatic rings. The Morgan fingerprint density at radius 2 is 1.90 bits per heavy atom. The van der Waals surface area contributed by atoms with Gasteiger partial charge < -0.3 is 14.6 Å². The number of ether oxygens (including phenoxy) is 2. The maximum Gasteiger partial charge on any atom is 0.306 e. The molecule has 1 N–H and O–H groups in total. The number of rotatable bonds is 5. The lowest BCUT2D eigenvalue weighted by Crippen LogP contribution is -2.44. The van der Waals surface area contributed by atoms with Crippen LogP contribution >= 0.6 is 0 Å². The molecule has 20 heavy (non-hydrogen) atoms. The third-order valence-electron chi connectivity index (χ3n) is 4.12. The standard InChI is InChI=1S/C15H26O5/c1-10(2)11-7-8-15(3,9-12(11)16)20-14(18)6-5-13(17)19-4/h10-12,16H,5-9H2,1-4H3/t11-,12+,15+/m0/s1. The number of hydrogen-bond acceptors (Lipinski definition) is 5. The molecule has 1 aliphatic carbocycles. The topological polar surface area (TPSA) is 72.8 Å². The Hall–Kier alpha value is -1.10. The molecule has 116 valence electrons. The van der Waals surface area contributed by atoms with Crippen LogP contribution in [0.3, 0.4) is 0 Å². The van der Waals surface area contributed by atoms with Crippen molar-refractivity contribution in [1.82, 2.24) is 0 Å². The third kappa shape index (κ3) is 4.78. The van der Waals surface area contributed by atoms with Crippen molar-refractivity contribution >= 4 is 11.9 Å². The van der Waals surface area contributed by atoms with Gasteiger partial charge >= 0.3 is 11.9 Å². The highest BCUT2D eigenvalue weighted by Gasteiger charge is 2.40. The van der Waals surface area contributed by atoms with E-state index in [1.165, 1.54) is 7.11 Å². The Balaban J connectivity index is 2.47.